The Hall–Kier alpha value is -1.51. The average molecular weight is 234 g/mol. The van der Waals surface area contributed by atoms with Crippen LogP contribution in [0, 0.1) is 0 Å². The highest BCUT2D eigenvalue weighted by atomic mass is 16.2. The first-order valence-electron chi connectivity index (χ1n) is 6.19. The number of rotatable bonds is 5. The van der Waals surface area contributed by atoms with Crippen molar-refractivity contribution < 1.29 is 4.79 Å². The number of carbonyl (C=O) groups excluding carboxylic acids is 1. The van der Waals surface area contributed by atoms with Gasteiger partial charge in [0.2, 0.25) is 0 Å². The van der Waals surface area contributed by atoms with E-state index in [-0.39, 0.29) is 5.91 Å². The summed E-state index contributed by atoms with van der Waals surface area (Å²) in [7, 11) is 3.72. The molecule has 3 nitrogen and oxygen atoms in total. The minimum absolute atomic E-state index is 0.0867. The summed E-state index contributed by atoms with van der Waals surface area (Å²) in [5.41, 5.74) is 1.62. The zero-order valence-corrected chi connectivity index (χ0v) is 11.2. The van der Waals surface area contributed by atoms with Crippen LogP contribution in [0.3, 0.4) is 0 Å². The first-order valence-corrected chi connectivity index (χ1v) is 6.19. The van der Waals surface area contributed by atoms with Crippen LogP contribution in [0.15, 0.2) is 24.3 Å². The number of carbonyl (C=O) groups is 1. The highest BCUT2D eigenvalue weighted by Gasteiger charge is 2.19. The molecule has 1 N–H and O–H groups in total. The number of benzene rings is 1. The highest BCUT2D eigenvalue weighted by Crippen LogP contribution is 2.18. The molecular weight excluding hydrogens is 212 g/mol. The molecule has 0 unspecified atom stereocenters. The molecule has 94 valence electrons. The minimum Gasteiger partial charge on any atom is -0.387 e. The smallest absolute Gasteiger partial charge is 0.255 e. The van der Waals surface area contributed by atoms with Crippen LogP contribution in [0.25, 0.3) is 0 Å². The van der Waals surface area contributed by atoms with Gasteiger partial charge in [0.25, 0.3) is 5.91 Å². The monoisotopic (exact) mass is 234 g/mol. The lowest BCUT2D eigenvalue weighted by atomic mass is 10.1. The zero-order chi connectivity index (χ0) is 12.8. The van der Waals surface area contributed by atoms with Gasteiger partial charge >= 0.3 is 0 Å². The van der Waals surface area contributed by atoms with Crippen molar-refractivity contribution in [2.45, 2.75) is 32.7 Å². The topological polar surface area (TPSA) is 32.3 Å². The van der Waals surface area contributed by atoms with Crippen molar-refractivity contribution in [3.63, 3.8) is 0 Å². The van der Waals surface area contributed by atoms with E-state index in [1.165, 1.54) is 0 Å². The number of nitrogens with one attached hydrogen (secondary N) is 1. The quantitative estimate of drug-likeness (QED) is 0.849. The van der Waals surface area contributed by atoms with Gasteiger partial charge in [-0.2, -0.15) is 0 Å². The standard InChI is InChI=1S/C14H22N2O/c1-5-11(6-2)16(4)14(17)12-9-7-8-10-13(12)15-3/h7-11,15H,5-6H2,1-4H3. The van der Waals surface area contributed by atoms with E-state index in [1.54, 1.807) is 0 Å². The summed E-state index contributed by atoms with van der Waals surface area (Å²) in [6.07, 6.45) is 1.97. The summed E-state index contributed by atoms with van der Waals surface area (Å²) in [4.78, 5) is 14.2. The molecule has 1 aromatic rings. The van der Waals surface area contributed by atoms with Crippen LogP contribution in [0.1, 0.15) is 37.0 Å². The van der Waals surface area contributed by atoms with E-state index in [0.29, 0.717) is 6.04 Å². The van der Waals surface area contributed by atoms with E-state index in [9.17, 15) is 4.79 Å². The van der Waals surface area contributed by atoms with E-state index >= 15 is 0 Å². The summed E-state index contributed by atoms with van der Waals surface area (Å²) in [5, 5.41) is 3.06. The fraction of sp³-hybridized carbons (Fsp3) is 0.500. The first-order chi connectivity index (χ1) is 8.15. The number of para-hydroxylation sites is 1. The summed E-state index contributed by atoms with van der Waals surface area (Å²) in [6, 6.07) is 7.93. The maximum absolute atomic E-state index is 12.4. The lowest BCUT2D eigenvalue weighted by Crippen LogP contribution is -2.36. The van der Waals surface area contributed by atoms with E-state index < -0.39 is 0 Å². The van der Waals surface area contributed by atoms with E-state index in [1.807, 2.05) is 43.3 Å². The van der Waals surface area contributed by atoms with Gasteiger partial charge in [0.15, 0.2) is 0 Å². The van der Waals surface area contributed by atoms with Gasteiger partial charge < -0.3 is 10.2 Å². The second kappa shape index (κ2) is 6.28. The Bertz CT molecular complexity index is 372. The molecule has 0 heterocycles. The third kappa shape index (κ3) is 2.99. The van der Waals surface area contributed by atoms with Crippen LogP contribution in [-0.4, -0.2) is 30.9 Å². The summed E-state index contributed by atoms with van der Waals surface area (Å²) in [6.45, 7) is 4.23. The summed E-state index contributed by atoms with van der Waals surface area (Å²) >= 11 is 0. The minimum atomic E-state index is 0.0867. The second-order valence-corrected chi connectivity index (χ2v) is 4.18. The molecule has 0 aliphatic heterocycles. The SMILES string of the molecule is CCC(CC)N(C)C(=O)c1ccccc1NC. The Morgan fingerprint density at radius 2 is 1.88 bits per heavy atom. The van der Waals surface area contributed by atoms with Gasteiger partial charge in [-0.1, -0.05) is 26.0 Å². The van der Waals surface area contributed by atoms with Crippen molar-refractivity contribution in [3.05, 3.63) is 29.8 Å². The van der Waals surface area contributed by atoms with Crippen LogP contribution < -0.4 is 5.32 Å². The zero-order valence-electron chi connectivity index (χ0n) is 11.2. The number of hydrogen-bond acceptors (Lipinski definition) is 2. The first kappa shape index (κ1) is 13.6. The van der Waals surface area contributed by atoms with Crippen molar-refractivity contribution in [3.8, 4) is 0 Å². The van der Waals surface area contributed by atoms with E-state index in [4.69, 9.17) is 0 Å². The van der Waals surface area contributed by atoms with Crippen molar-refractivity contribution >= 4 is 11.6 Å². The third-order valence-corrected chi connectivity index (χ3v) is 3.24. The van der Waals surface area contributed by atoms with Crippen LogP contribution in [0.4, 0.5) is 5.69 Å². The molecule has 0 aliphatic rings. The molecule has 0 aromatic heterocycles. The fourth-order valence-electron chi connectivity index (χ4n) is 2.08. The van der Waals surface area contributed by atoms with Gasteiger partial charge in [0.1, 0.15) is 0 Å². The van der Waals surface area contributed by atoms with Gasteiger partial charge in [0, 0.05) is 25.8 Å². The van der Waals surface area contributed by atoms with Crippen molar-refractivity contribution in [2.75, 3.05) is 19.4 Å². The Kier molecular flexibility index (Phi) is 5.01. The molecule has 0 spiro atoms. The lowest BCUT2D eigenvalue weighted by molar-refractivity contribution is 0.0724. The van der Waals surface area contributed by atoms with Crippen LogP contribution >= 0.6 is 0 Å². The van der Waals surface area contributed by atoms with Crippen LogP contribution in [0.2, 0.25) is 0 Å². The molecule has 0 saturated heterocycles. The maximum Gasteiger partial charge on any atom is 0.255 e. The van der Waals surface area contributed by atoms with E-state index in [2.05, 4.69) is 19.2 Å². The predicted molar refractivity (Wildman–Crippen MR) is 72.5 cm³/mol. The molecule has 0 saturated carbocycles. The summed E-state index contributed by atoms with van der Waals surface area (Å²) < 4.78 is 0. The van der Waals surface area contributed by atoms with Gasteiger partial charge in [-0.25, -0.2) is 0 Å². The van der Waals surface area contributed by atoms with Gasteiger partial charge in [-0.3, -0.25) is 4.79 Å². The molecular formula is C14H22N2O. The molecule has 1 amide bonds. The number of nitrogens with zero attached hydrogens (tertiary/aromatic N) is 1. The molecule has 0 radical (unpaired) electrons. The second-order valence-electron chi connectivity index (χ2n) is 4.18. The fourth-order valence-corrected chi connectivity index (χ4v) is 2.08. The van der Waals surface area contributed by atoms with E-state index in [0.717, 1.165) is 24.1 Å². The molecule has 17 heavy (non-hydrogen) atoms. The lowest BCUT2D eigenvalue weighted by Gasteiger charge is -2.27. The number of anilines is 1. The largest absolute Gasteiger partial charge is 0.387 e. The molecule has 0 atom stereocenters. The molecule has 0 bridgehead atoms. The van der Waals surface area contributed by atoms with Crippen molar-refractivity contribution in [2.24, 2.45) is 0 Å². The van der Waals surface area contributed by atoms with Crippen LogP contribution in [-0.2, 0) is 0 Å². The van der Waals surface area contributed by atoms with Gasteiger partial charge in [-0.15, -0.1) is 0 Å². The van der Waals surface area contributed by atoms with Crippen molar-refractivity contribution in [1.82, 2.24) is 4.90 Å². The van der Waals surface area contributed by atoms with Crippen LogP contribution in [0.5, 0.6) is 0 Å². The Labute approximate surface area is 104 Å². The van der Waals surface area contributed by atoms with Crippen molar-refractivity contribution in [1.29, 1.82) is 0 Å². The average Bonchev–Trinajstić information content (AvgIpc) is 2.39. The highest BCUT2D eigenvalue weighted by molar-refractivity contribution is 5.99. The molecule has 1 rings (SSSR count). The van der Waals surface area contributed by atoms with Gasteiger partial charge in [-0.05, 0) is 25.0 Å². The molecule has 1 aromatic carbocycles. The maximum atomic E-state index is 12.4. The Morgan fingerprint density at radius 3 is 2.41 bits per heavy atom. The Balaban J connectivity index is 2.95. The Morgan fingerprint density at radius 1 is 1.29 bits per heavy atom. The third-order valence-electron chi connectivity index (χ3n) is 3.24. The molecule has 0 fully saturated rings. The summed E-state index contributed by atoms with van der Waals surface area (Å²) in [5.74, 6) is 0.0867. The number of amides is 1. The number of hydrogen-bond donors (Lipinski definition) is 1. The predicted octanol–water partition coefficient (Wildman–Crippen LogP) is 2.99. The molecule has 3 heteroatoms. The van der Waals surface area contributed by atoms with Gasteiger partial charge in [0.05, 0.1) is 5.56 Å². The normalized spacial score (nSPS) is 10.4. The molecule has 0 aliphatic carbocycles.